The summed E-state index contributed by atoms with van der Waals surface area (Å²) in [6.07, 6.45) is 5.43. The maximum Gasteiger partial charge on any atom is 0.240 e. The first-order chi connectivity index (χ1) is 7.93. The Kier molecular flexibility index (Phi) is 3.48. The van der Waals surface area contributed by atoms with E-state index in [1.54, 1.807) is 0 Å². The number of carbonyl (C=O) groups excluding carboxylic acids is 1. The Balaban J connectivity index is 2.09. The third kappa shape index (κ3) is 2.49. The lowest BCUT2D eigenvalue weighted by atomic mass is 9.88. The van der Waals surface area contributed by atoms with Crippen LogP contribution in [0.25, 0.3) is 0 Å². The summed E-state index contributed by atoms with van der Waals surface area (Å²) in [6.45, 7) is 9.63. The number of nitrogens with zero attached hydrogens (tertiary/aromatic N) is 1. The van der Waals surface area contributed by atoms with E-state index in [0.717, 1.165) is 6.54 Å². The van der Waals surface area contributed by atoms with Crippen LogP contribution in [0.2, 0.25) is 0 Å². The highest BCUT2D eigenvalue weighted by Gasteiger charge is 2.42. The first-order valence-corrected chi connectivity index (χ1v) is 6.99. The summed E-state index contributed by atoms with van der Waals surface area (Å²) in [5, 5.41) is 3.42. The van der Waals surface area contributed by atoms with E-state index in [1.807, 2.05) is 6.92 Å². The van der Waals surface area contributed by atoms with Crippen molar-refractivity contribution in [1.82, 2.24) is 10.2 Å². The zero-order valence-electron chi connectivity index (χ0n) is 11.6. The van der Waals surface area contributed by atoms with E-state index in [0.29, 0.717) is 11.3 Å². The molecule has 1 saturated heterocycles. The predicted molar refractivity (Wildman–Crippen MR) is 69.5 cm³/mol. The summed E-state index contributed by atoms with van der Waals surface area (Å²) < 4.78 is 0. The molecule has 1 saturated carbocycles. The molecule has 2 aliphatic rings. The smallest absolute Gasteiger partial charge is 0.240 e. The molecule has 0 aromatic rings. The monoisotopic (exact) mass is 238 g/mol. The van der Waals surface area contributed by atoms with Gasteiger partial charge in [0.15, 0.2) is 0 Å². The second-order valence-electron chi connectivity index (χ2n) is 6.56. The van der Waals surface area contributed by atoms with Gasteiger partial charge in [0.25, 0.3) is 0 Å². The molecule has 0 spiro atoms. The van der Waals surface area contributed by atoms with Crippen molar-refractivity contribution in [3.63, 3.8) is 0 Å². The first kappa shape index (κ1) is 12.9. The average Bonchev–Trinajstić information content (AvgIpc) is 2.78. The lowest BCUT2D eigenvalue weighted by Crippen LogP contribution is -2.45. The second kappa shape index (κ2) is 4.60. The topological polar surface area (TPSA) is 32.3 Å². The lowest BCUT2D eigenvalue weighted by Gasteiger charge is -2.34. The quantitative estimate of drug-likeness (QED) is 0.818. The minimum atomic E-state index is -0.00703. The summed E-state index contributed by atoms with van der Waals surface area (Å²) >= 11 is 0. The van der Waals surface area contributed by atoms with E-state index in [1.165, 1.54) is 25.7 Å². The lowest BCUT2D eigenvalue weighted by molar-refractivity contribution is -0.131. The molecule has 0 aromatic heterocycles. The zero-order valence-corrected chi connectivity index (χ0v) is 11.6. The van der Waals surface area contributed by atoms with Crippen LogP contribution in [-0.4, -0.2) is 29.6 Å². The van der Waals surface area contributed by atoms with Crippen molar-refractivity contribution in [2.45, 2.75) is 65.6 Å². The molecule has 0 radical (unpaired) electrons. The minimum absolute atomic E-state index is 0.00703. The summed E-state index contributed by atoms with van der Waals surface area (Å²) in [5.41, 5.74) is 0.356. The van der Waals surface area contributed by atoms with E-state index in [4.69, 9.17) is 0 Å². The highest BCUT2D eigenvalue weighted by Crippen LogP contribution is 2.39. The Morgan fingerprint density at radius 2 is 2.00 bits per heavy atom. The van der Waals surface area contributed by atoms with Crippen molar-refractivity contribution >= 4 is 5.91 Å². The molecule has 2 rings (SSSR count). The van der Waals surface area contributed by atoms with Gasteiger partial charge < -0.3 is 4.90 Å². The van der Waals surface area contributed by atoms with Gasteiger partial charge in [-0.2, -0.15) is 0 Å². The zero-order chi connectivity index (χ0) is 12.6. The van der Waals surface area contributed by atoms with Gasteiger partial charge in [0, 0.05) is 6.54 Å². The van der Waals surface area contributed by atoms with Crippen molar-refractivity contribution < 1.29 is 4.79 Å². The van der Waals surface area contributed by atoms with Gasteiger partial charge >= 0.3 is 0 Å². The molecule has 3 heteroatoms. The molecule has 1 aliphatic carbocycles. The van der Waals surface area contributed by atoms with E-state index in [2.05, 4.69) is 31.0 Å². The van der Waals surface area contributed by atoms with Crippen LogP contribution in [0.1, 0.15) is 53.4 Å². The molecule has 1 aliphatic heterocycles. The SMILES string of the molecule is CC1NC(C(C)C)N(CC2(C)CCCC2)C1=O. The van der Waals surface area contributed by atoms with Gasteiger partial charge in [-0.25, -0.2) is 0 Å². The fourth-order valence-electron chi connectivity index (χ4n) is 3.33. The third-order valence-electron chi connectivity index (χ3n) is 4.40. The van der Waals surface area contributed by atoms with Gasteiger partial charge in [0.05, 0.1) is 12.2 Å². The number of hydrogen-bond acceptors (Lipinski definition) is 2. The van der Waals surface area contributed by atoms with Crippen LogP contribution in [0.3, 0.4) is 0 Å². The van der Waals surface area contributed by atoms with Gasteiger partial charge in [-0.05, 0) is 31.1 Å². The Hall–Kier alpha value is -0.570. The Morgan fingerprint density at radius 1 is 1.41 bits per heavy atom. The maximum absolute atomic E-state index is 12.2. The van der Waals surface area contributed by atoms with Gasteiger partial charge in [0.1, 0.15) is 0 Å². The average molecular weight is 238 g/mol. The van der Waals surface area contributed by atoms with Crippen LogP contribution in [-0.2, 0) is 4.79 Å². The van der Waals surface area contributed by atoms with Crippen molar-refractivity contribution in [2.75, 3.05) is 6.54 Å². The molecule has 2 unspecified atom stereocenters. The summed E-state index contributed by atoms with van der Waals surface area (Å²) in [4.78, 5) is 14.3. The Labute approximate surface area is 105 Å². The summed E-state index contributed by atoms with van der Waals surface area (Å²) in [7, 11) is 0. The van der Waals surface area contributed by atoms with Crippen LogP contribution in [0.4, 0.5) is 0 Å². The van der Waals surface area contributed by atoms with E-state index in [9.17, 15) is 4.79 Å². The van der Waals surface area contributed by atoms with Crippen LogP contribution in [0, 0.1) is 11.3 Å². The van der Waals surface area contributed by atoms with Gasteiger partial charge in [-0.15, -0.1) is 0 Å². The molecule has 0 bridgehead atoms. The number of carbonyl (C=O) groups is 1. The molecular weight excluding hydrogens is 212 g/mol. The molecule has 2 atom stereocenters. The van der Waals surface area contributed by atoms with Gasteiger partial charge in [-0.1, -0.05) is 33.6 Å². The first-order valence-electron chi connectivity index (χ1n) is 6.99. The number of hydrogen-bond donors (Lipinski definition) is 1. The fraction of sp³-hybridized carbons (Fsp3) is 0.929. The second-order valence-corrected chi connectivity index (χ2v) is 6.56. The molecule has 98 valence electrons. The van der Waals surface area contributed by atoms with E-state index in [-0.39, 0.29) is 18.1 Å². The van der Waals surface area contributed by atoms with Crippen LogP contribution < -0.4 is 5.32 Å². The maximum atomic E-state index is 12.2. The summed E-state index contributed by atoms with van der Waals surface area (Å²) in [6, 6.07) is -0.00703. The number of rotatable bonds is 3. The van der Waals surface area contributed by atoms with Crippen LogP contribution in [0.5, 0.6) is 0 Å². The van der Waals surface area contributed by atoms with E-state index < -0.39 is 0 Å². The molecule has 17 heavy (non-hydrogen) atoms. The van der Waals surface area contributed by atoms with Crippen molar-refractivity contribution in [1.29, 1.82) is 0 Å². The molecule has 2 fully saturated rings. The fourth-order valence-corrected chi connectivity index (χ4v) is 3.33. The van der Waals surface area contributed by atoms with Crippen molar-refractivity contribution in [2.24, 2.45) is 11.3 Å². The van der Waals surface area contributed by atoms with Crippen molar-refractivity contribution in [3.05, 3.63) is 0 Å². The van der Waals surface area contributed by atoms with Crippen LogP contribution >= 0.6 is 0 Å². The van der Waals surface area contributed by atoms with Gasteiger partial charge in [0.2, 0.25) is 5.91 Å². The normalized spacial score (nSPS) is 32.8. The third-order valence-corrected chi connectivity index (χ3v) is 4.40. The largest absolute Gasteiger partial charge is 0.325 e. The molecular formula is C14H26N2O. The Bertz CT molecular complexity index is 295. The molecule has 0 aromatic carbocycles. The molecule has 1 N–H and O–H groups in total. The number of amides is 1. The highest BCUT2D eigenvalue weighted by molar-refractivity contribution is 5.84. The highest BCUT2D eigenvalue weighted by atomic mass is 16.2. The molecule has 1 amide bonds. The Morgan fingerprint density at radius 3 is 2.53 bits per heavy atom. The standard InChI is InChI=1S/C14H26N2O/c1-10(2)12-15-11(3)13(17)16(12)9-14(4)7-5-6-8-14/h10-12,15H,5-9H2,1-4H3. The molecule has 3 nitrogen and oxygen atoms in total. The minimum Gasteiger partial charge on any atom is -0.325 e. The predicted octanol–water partition coefficient (Wildman–Crippen LogP) is 2.37. The number of nitrogens with one attached hydrogen (secondary N) is 1. The summed E-state index contributed by atoms with van der Waals surface area (Å²) in [5.74, 6) is 0.769. The molecule has 1 heterocycles. The van der Waals surface area contributed by atoms with Crippen molar-refractivity contribution in [3.8, 4) is 0 Å². The van der Waals surface area contributed by atoms with E-state index >= 15 is 0 Å². The van der Waals surface area contributed by atoms with Crippen LogP contribution in [0.15, 0.2) is 0 Å². The van der Waals surface area contributed by atoms with Gasteiger partial charge in [-0.3, -0.25) is 10.1 Å².